The molecule has 0 heterocycles. The molecular formula is C11H15ClFN3O3. The number of nitrogens with one attached hydrogen (secondary N) is 2. The number of likely N-dealkylation sites (N-methyl/N-ethyl adjacent to an activating group) is 1. The largest absolute Gasteiger partial charge is 0.350 e. The second-order valence-electron chi connectivity index (χ2n) is 3.82. The van der Waals surface area contributed by atoms with Crippen LogP contribution in [-0.2, 0) is 0 Å². The molecule has 0 aliphatic carbocycles. The molecule has 1 aromatic carbocycles. The van der Waals surface area contributed by atoms with Gasteiger partial charge in [0, 0.05) is 18.7 Å². The molecule has 19 heavy (non-hydrogen) atoms. The van der Waals surface area contributed by atoms with Crippen LogP contribution in [0, 0.1) is 15.9 Å². The summed E-state index contributed by atoms with van der Waals surface area (Å²) >= 11 is 0. The zero-order valence-electron chi connectivity index (χ0n) is 10.5. The molecule has 8 heteroatoms. The maximum atomic E-state index is 13.5. The average molecular weight is 292 g/mol. The third-order valence-electron chi connectivity index (χ3n) is 2.47. The van der Waals surface area contributed by atoms with E-state index in [9.17, 15) is 19.3 Å². The number of halogens is 2. The Morgan fingerprint density at radius 2 is 2.16 bits per heavy atom. The fraction of sp³-hybridized carbons (Fsp3) is 0.364. The highest BCUT2D eigenvalue weighted by atomic mass is 35.5. The molecule has 1 aromatic rings. The first-order valence-electron chi connectivity index (χ1n) is 5.35. The minimum Gasteiger partial charge on any atom is -0.350 e. The number of non-ortho nitro benzene ring substituents is 1. The number of nitro groups is 1. The lowest BCUT2D eigenvalue weighted by Crippen LogP contribution is -2.37. The highest BCUT2D eigenvalue weighted by Crippen LogP contribution is 2.16. The van der Waals surface area contributed by atoms with Gasteiger partial charge in [-0.05, 0) is 20.0 Å². The van der Waals surface area contributed by atoms with Gasteiger partial charge in [0.15, 0.2) is 0 Å². The Kier molecular flexibility index (Phi) is 6.95. The average Bonchev–Trinajstić information content (AvgIpc) is 2.35. The van der Waals surface area contributed by atoms with Crippen LogP contribution in [0.5, 0.6) is 0 Å². The van der Waals surface area contributed by atoms with Gasteiger partial charge in [-0.25, -0.2) is 4.39 Å². The SMILES string of the molecule is CNC(C)CNC(=O)c1ccc([N+](=O)[O-])cc1F.Cl. The summed E-state index contributed by atoms with van der Waals surface area (Å²) in [6.45, 7) is 2.19. The summed E-state index contributed by atoms with van der Waals surface area (Å²) in [6, 6.07) is 2.98. The molecular weight excluding hydrogens is 277 g/mol. The van der Waals surface area contributed by atoms with Gasteiger partial charge in [0.1, 0.15) is 5.82 Å². The number of hydrogen-bond acceptors (Lipinski definition) is 4. The van der Waals surface area contributed by atoms with Crippen LogP contribution in [0.3, 0.4) is 0 Å². The molecule has 0 aromatic heterocycles. The van der Waals surface area contributed by atoms with Gasteiger partial charge in [-0.2, -0.15) is 0 Å². The van der Waals surface area contributed by atoms with Crippen molar-refractivity contribution >= 4 is 24.0 Å². The van der Waals surface area contributed by atoms with Crippen molar-refractivity contribution in [1.29, 1.82) is 0 Å². The van der Waals surface area contributed by atoms with E-state index in [0.717, 1.165) is 18.2 Å². The van der Waals surface area contributed by atoms with Crippen LogP contribution in [0.25, 0.3) is 0 Å². The van der Waals surface area contributed by atoms with Crippen molar-refractivity contribution in [2.24, 2.45) is 0 Å². The summed E-state index contributed by atoms with van der Waals surface area (Å²) in [5.41, 5.74) is -0.587. The van der Waals surface area contributed by atoms with E-state index >= 15 is 0 Å². The summed E-state index contributed by atoms with van der Waals surface area (Å²) in [7, 11) is 1.74. The fourth-order valence-corrected chi connectivity index (χ4v) is 1.24. The molecule has 0 radical (unpaired) electrons. The zero-order valence-corrected chi connectivity index (χ0v) is 11.3. The van der Waals surface area contributed by atoms with Crippen molar-refractivity contribution in [3.8, 4) is 0 Å². The topological polar surface area (TPSA) is 84.3 Å². The molecule has 0 bridgehead atoms. The normalized spacial score (nSPS) is 11.3. The second-order valence-corrected chi connectivity index (χ2v) is 3.82. The first kappa shape index (κ1) is 17.3. The minimum atomic E-state index is -0.904. The number of rotatable bonds is 5. The van der Waals surface area contributed by atoms with Crippen molar-refractivity contribution < 1.29 is 14.1 Å². The first-order chi connectivity index (χ1) is 8.45. The third-order valence-corrected chi connectivity index (χ3v) is 2.47. The maximum Gasteiger partial charge on any atom is 0.272 e. The summed E-state index contributed by atoms with van der Waals surface area (Å²) in [5.74, 6) is -1.50. The van der Waals surface area contributed by atoms with Crippen LogP contribution in [0.15, 0.2) is 18.2 Å². The number of hydrogen-bond donors (Lipinski definition) is 2. The lowest BCUT2D eigenvalue weighted by molar-refractivity contribution is -0.385. The van der Waals surface area contributed by atoms with Gasteiger partial charge in [0.2, 0.25) is 0 Å². The number of nitro benzene ring substituents is 1. The molecule has 1 unspecified atom stereocenters. The summed E-state index contributed by atoms with van der Waals surface area (Å²) in [5, 5.41) is 15.9. The molecule has 0 fully saturated rings. The van der Waals surface area contributed by atoms with E-state index in [0.29, 0.717) is 6.54 Å². The Morgan fingerprint density at radius 1 is 1.53 bits per heavy atom. The maximum absolute atomic E-state index is 13.5. The van der Waals surface area contributed by atoms with E-state index in [1.807, 2.05) is 6.92 Å². The van der Waals surface area contributed by atoms with Crippen molar-refractivity contribution in [2.45, 2.75) is 13.0 Å². The number of benzene rings is 1. The summed E-state index contributed by atoms with van der Waals surface area (Å²) < 4.78 is 13.5. The van der Waals surface area contributed by atoms with Gasteiger partial charge < -0.3 is 10.6 Å². The van der Waals surface area contributed by atoms with Crippen LogP contribution in [0.4, 0.5) is 10.1 Å². The van der Waals surface area contributed by atoms with Crippen molar-refractivity contribution in [2.75, 3.05) is 13.6 Å². The monoisotopic (exact) mass is 291 g/mol. The number of carbonyl (C=O) groups excluding carboxylic acids is 1. The first-order valence-corrected chi connectivity index (χ1v) is 5.35. The summed E-state index contributed by atoms with van der Waals surface area (Å²) in [4.78, 5) is 21.3. The van der Waals surface area contributed by atoms with E-state index in [2.05, 4.69) is 10.6 Å². The molecule has 0 saturated carbocycles. The molecule has 0 aliphatic rings. The van der Waals surface area contributed by atoms with Crippen molar-refractivity contribution in [1.82, 2.24) is 10.6 Å². The smallest absolute Gasteiger partial charge is 0.272 e. The van der Waals surface area contributed by atoms with Gasteiger partial charge in [0.25, 0.3) is 11.6 Å². The molecule has 0 saturated heterocycles. The second kappa shape index (κ2) is 7.65. The lowest BCUT2D eigenvalue weighted by Gasteiger charge is -2.11. The molecule has 2 N–H and O–H groups in total. The predicted octanol–water partition coefficient (Wildman–Crippen LogP) is 1.49. The van der Waals surface area contributed by atoms with Crippen molar-refractivity contribution in [3.05, 3.63) is 39.7 Å². The zero-order chi connectivity index (χ0) is 13.7. The van der Waals surface area contributed by atoms with E-state index in [1.54, 1.807) is 7.05 Å². The standard InChI is InChI=1S/C11H14FN3O3.ClH/c1-7(13-2)6-14-11(16)9-4-3-8(15(17)18)5-10(9)12;/h3-5,7,13H,6H2,1-2H3,(H,14,16);1H. The number of carbonyl (C=O) groups is 1. The van der Waals surface area contributed by atoms with Crippen LogP contribution in [0.1, 0.15) is 17.3 Å². The Hall–Kier alpha value is -1.73. The van der Waals surface area contributed by atoms with Crippen LogP contribution >= 0.6 is 12.4 Å². The van der Waals surface area contributed by atoms with E-state index in [4.69, 9.17) is 0 Å². The highest BCUT2D eigenvalue weighted by molar-refractivity contribution is 5.94. The van der Waals surface area contributed by atoms with Crippen LogP contribution < -0.4 is 10.6 Å². The molecule has 1 amide bonds. The van der Waals surface area contributed by atoms with E-state index in [-0.39, 0.29) is 29.7 Å². The molecule has 0 spiro atoms. The quantitative estimate of drug-likeness (QED) is 0.636. The molecule has 0 aliphatic heterocycles. The minimum absolute atomic E-state index is 0. The number of amides is 1. The Morgan fingerprint density at radius 3 is 2.63 bits per heavy atom. The van der Waals surface area contributed by atoms with Gasteiger partial charge in [0.05, 0.1) is 16.6 Å². The fourth-order valence-electron chi connectivity index (χ4n) is 1.24. The van der Waals surface area contributed by atoms with Gasteiger partial charge in [-0.3, -0.25) is 14.9 Å². The Balaban J connectivity index is 0.00000324. The van der Waals surface area contributed by atoms with Gasteiger partial charge in [-0.1, -0.05) is 0 Å². The summed E-state index contributed by atoms with van der Waals surface area (Å²) in [6.07, 6.45) is 0. The third kappa shape index (κ3) is 4.80. The number of nitrogens with zero attached hydrogens (tertiary/aromatic N) is 1. The highest BCUT2D eigenvalue weighted by Gasteiger charge is 2.16. The van der Waals surface area contributed by atoms with Crippen LogP contribution in [0.2, 0.25) is 0 Å². The van der Waals surface area contributed by atoms with E-state index < -0.39 is 16.6 Å². The van der Waals surface area contributed by atoms with Crippen molar-refractivity contribution in [3.63, 3.8) is 0 Å². The van der Waals surface area contributed by atoms with Gasteiger partial charge >= 0.3 is 0 Å². The Labute approximate surface area is 115 Å². The lowest BCUT2D eigenvalue weighted by atomic mass is 10.1. The molecule has 1 atom stereocenters. The predicted molar refractivity (Wildman–Crippen MR) is 71.2 cm³/mol. The van der Waals surface area contributed by atoms with Crippen LogP contribution in [-0.4, -0.2) is 30.5 Å². The molecule has 1 rings (SSSR count). The molecule has 106 valence electrons. The Bertz CT molecular complexity index is 470. The van der Waals surface area contributed by atoms with E-state index in [1.165, 1.54) is 0 Å². The molecule has 6 nitrogen and oxygen atoms in total. The van der Waals surface area contributed by atoms with Gasteiger partial charge in [-0.15, -0.1) is 12.4 Å².